The largest absolute Gasteiger partial charge is 0.595 e. The van der Waals surface area contributed by atoms with Crippen LogP contribution in [0, 0.1) is 27.9 Å². The number of hydrogen-bond donors (Lipinski definition) is 2. The number of allylic oxidation sites excluding steroid dienone is 4. The maximum absolute atomic E-state index is 13.4. The third kappa shape index (κ3) is 3.88. The van der Waals surface area contributed by atoms with Crippen molar-refractivity contribution in [2.24, 2.45) is 22.7 Å². The molecule has 0 bridgehead atoms. The van der Waals surface area contributed by atoms with Gasteiger partial charge < -0.3 is 9.94 Å². The van der Waals surface area contributed by atoms with Gasteiger partial charge >= 0.3 is 5.97 Å². The van der Waals surface area contributed by atoms with Gasteiger partial charge in [-0.2, -0.15) is 5.23 Å². The van der Waals surface area contributed by atoms with Gasteiger partial charge in [-0.05, 0) is 80.4 Å². The fourth-order valence-corrected chi connectivity index (χ4v) is 6.45. The maximum atomic E-state index is 13.4. The number of fused-ring (bicyclic) bond motifs is 2. The first-order chi connectivity index (χ1) is 14.6. The van der Waals surface area contributed by atoms with Gasteiger partial charge in [-0.1, -0.05) is 44.4 Å². The number of nitrogens with one attached hydrogen (secondary N) is 1. The fraction of sp³-hybridized carbons (Fsp3) is 0.577. The van der Waals surface area contributed by atoms with Gasteiger partial charge in [0, 0.05) is 12.1 Å². The molecule has 0 aromatic heterocycles. The quantitative estimate of drug-likeness (QED) is 0.391. The molecule has 3 aliphatic rings. The second-order valence-corrected chi connectivity index (χ2v) is 10.4. The molecule has 5 heteroatoms. The van der Waals surface area contributed by atoms with E-state index >= 15 is 0 Å². The summed E-state index contributed by atoms with van der Waals surface area (Å²) in [5.74, 6) is 1.11. The monoisotopic (exact) mass is 425 g/mol. The minimum atomic E-state index is -0.985. The fourth-order valence-electron chi connectivity index (χ4n) is 6.45. The Morgan fingerprint density at radius 2 is 1.87 bits per heavy atom. The van der Waals surface area contributed by atoms with E-state index in [0.29, 0.717) is 11.7 Å². The van der Waals surface area contributed by atoms with Gasteiger partial charge in [-0.15, -0.1) is 0 Å². The van der Waals surface area contributed by atoms with Gasteiger partial charge in [-0.3, -0.25) is 4.79 Å². The summed E-state index contributed by atoms with van der Waals surface area (Å²) in [7, 11) is 0. The van der Waals surface area contributed by atoms with Crippen LogP contribution in [-0.4, -0.2) is 11.2 Å². The van der Waals surface area contributed by atoms with Gasteiger partial charge in [0.25, 0.3) is 0 Å². The molecule has 31 heavy (non-hydrogen) atoms. The summed E-state index contributed by atoms with van der Waals surface area (Å²) in [4.78, 5) is 13.4. The molecule has 0 radical (unpaired) electrons. The van der Waals surface area contributed by atoms with Crippen molar-refractivity contribution < 1.29 is 20.0 Å². The van der Waals surface area contributed by atoms with Gasteiger partial charge in [0.15, 0.2) is 5.69 Å². The highest BCUT2D eigenvalue weighted by Gasteiger charge is 2.56. The Morgan fingerprint density at radius 3 is 2.52 bits per heavy atom. The SMILES string of the molecule is CC(C)C1=CC2=C(CC1)[C@@]1(C)CCC[C@@](C)(C(=O)Oc3ccc([NH+]([O-])O)cc3)[C@@H]1CC2. The van der Waals surface area contributed by atoms with E-state index in [1.54, 1.807) is 23.3 Å². The van der Waals surface area contributed by atoms with Crippen molar-refractivity contribution in [1.29, 1.82) is 0 Å². The number of hydrogen-bond acceptors (Lipinski definition) is 4. The smallest absolute Gasteiger partial charge is 0.317 e. The third-order valence-corrected chi connectivity index (χ3v) is 8.25. The van der Waals surface area contributed by atoms with E-state index in [1.165, 1.54) is 17.7 Å². The van der Waals surface area contributed by atoms with Gasteiger partial charge in [0.05, 0.1) is 5.41 Å². The molecular formula is C26H35NO4. The lowest BCUT2D eigenvalue weighted by Gasteiger charge is -2.55. The molecule has 1 fully saturated rings. The lowest BCUT2D eigenvalue weighted by Crippen LogP contribution is -2.99. The highest BCUT2D eigenvalue weighted by Crippen LogP contribution is 2.61. The highest BCUT2D eigenvalue weighted by molar-refractivity contribution is 5.80. The van der Waals surface area contributed by atoms with E-state index in [-0.39, 0.29) is 23.0 Å². The van der Waals surface area contributed by atoms with Crippen LogP contribution in [0.4, 0.5) is 5.69 Å². The van der Waals surface area contributed by atoms with Crippen molar-refractivity contribution >= 4 is 11.7 Å². The molecule has 1 aromatic carbocycles. The number of rotatable bonds is 4. The molecule has 1 aromatic rings. The predicted molar refractivity (Wildman–Crippen MR) is 120 cm³/mol. The highest BCUT2D eigenvalue weighted by atomic mass is 16.8. The molecular weight excluding hydrogens is 390 g/mol. The zero-order valence-corrected chi connectivity index (χ0v) is 19.2. The van der Waals surface area contributed by atoms with Crippen LogP contribution in [0.1, 0.15) is 72.6 Å². The summed E-state index contributed by atoms with van der Waals surface area (Å²) in [5, 5.41) is 19.2. The van der Waals surface area contributed by atoms with Crippen LogP contribution in [0.15, 0.2) is 47.1 Å². The van der Waals surface area contributed by atoms with Crippen LogP contribution in [0.3, 0.4) is 0 Å². The zero-order chi connectivity index (χ0) is 22.4. The van der Waals surface area contributed by atoms with Crippen LogP contribution in [0.2, 0.25) is 0 Å². The van der Waals surface area contributed by atoms with Crippen molar-refractivity contribution in [3.8, 4) is 5.75 Å². The van der Waals surface area contributed by atoms with Crippen molar-refractivity contribution in [1.82, 2.24) is 0 Å². The number of esters is 1. The molecule has 5 nitrogen and oxygen atoms in total. The van der Waals surface area contributed by atoms with Crippen molar-refractivity contribution in [2.75, 3.05) is 0 Å². The molecule has 3 aliphatic carbocycles. The Morgan fingerprint density at radius 1 is 1.16 bits per heavy atom. The van der Waals surface area contributed by atoms with Crippen LogP contribution in [0.25, 0.3) is 0 Å². The topological polar surface area (TPSA) is 74.0 Å². The molecule has 0 spiro atoms. The van der Waals surface area contributed by atoms with E-state index in [4.69, 9.17) is 9.94 Å². The first-order valence-corrected chi connectivity index (χ1v) is 11.6. The Balaban J connectivity index is 1.59. The number of quaternary nitrogens is 1. The van der Waals surface area contributed by atoms with Crippen LogP contribution >= 0.6 is 0 Å². The summed E-state index contributed by atoms with van der Waals surface area (Å²) in [6.07, 6.45) is 9.77. The Bertz CT molecular complexity index is 914. The maximum Gasteiger partial charge on any atom is 0.317 e. The predicted octanol–water partition coefficient (Wildman–Crippen LogP) is 5.27. The average molecular weight is 426 g/mol. The third-order valence-electron chi connectivity index (χ3n) is 8.25. The van der Waals surface area contributed by atoms with Gasteiger partial charge in [0.2, 0.25) is 0 Å². The summed E-state index contributed by atoms with van der Waals surface area (Å²) in [6, 6.07) is 6.12. The number of carbonyl (C=O) groups is 1. The normalized spacial score (nSPS) is 31.6. The lowest BCUT2D eigenvalue weighted by atomic mass is 9.48. The molecule has 0 saturated heterocycles. The van der Waals surface area contributed by atoms with E-state index < -0.39 is 10.6 Å². The molecule has 1 saturated carbocycles. The van der Waals surface area contributed by atoms with Crippen molar-refractivity contribution in [3.05, 3.63) is 52.3 Å². The first-order valence-electron chi connectivity index (χ1n) is 11.6. The Labute approximate surface area is 185 Å². The Kier molecular flexibility index (Phi) is 5.88. The molecule has 1 unspecified atom stereocenters. The minimum Gasteiger partial charge on any atom is -0.595 e. The molecule has 168 valence electrons. The molecule has 0 aliphatic heterocycles. The first kappa shape index (κ1) is 22.3. The van der Waals surface area contributed by atoms with E-state index in [1.807, 2.05) is 0 Å². The Hall–Kier alpha value is -1.95. The summed E-state index contributed by atoms with van der Waals surface area (Å²) >= 11 is 0. The summed E-state index contributed by atoms with van der Waals surface area (Å²) in [6.45, 7) is 9.03. The second kappa shape index (κ2) is 8.19. The zero-order valence-electron chi connectivity index (χ0n) is 19.2. The van der Waals surface area contributed by atoms with Crippen LogP contribution in [0.5, 0.6) is 5.75 Å². The lowest BCUT2D eigenvalue weighted by molar-refractivity contribution is -0.991. The van der Waals surface area contributed by atoms with Crippen LogP contribution < -0.4 is 9.96 Å². The molecule has 4 rings (SSSR count). The van der Waals surface area contributed by atoms with Crippen molar-refractivity contribution in [2.45, 2.75) is 72.6 Å². The number of ether oxygens (including phenoxy) is 1. The summed E-state index contributed by atoms with van der Waals surface area (Å²) < 4.78 is 5.81. The van der Waals surface area contributed by atoms with E-state index in [2.05, 4.69) is 33.8 Å². The number of benzene rings is 1. The number of carbonyl (C=O) groups excluding carboxylic acids is 1. The van der Waals surface area contributed by atoms with Gasteiger partial charge in [0.1, 0.15) is 5.75 Å². The molecule has 0 amide bonds. The van der Waals surface area contributed by atoms with E-state index in [9.17, 15) is 10.0 Å². The van der Waals surface area contributed by atoms with E-state index in [0.717, 1.165) is 44.9 Å². The molecule has 2 N–H and O–H groups in total. The van der Waals surface area contributed by atoms with Gasteiger partial charge in [-0.25, -0.2) is 5.21 Å². The molecule has 0 heterocycles. The summed E-state index contributed by atoms with van der Waals surface area (Å²) in [5.41, 5.74) is 4.37. The molecule has 4 atom stereocenters. The average Bonchev–Trinajstić information content (AvgIpc) is 2.73. The van der Waals surface area contributed by atoms with Crippen molar-refractivity contribution in [3.63, 3.8) is 0 Å². The minimum absolute atomic E-state index is 0.0474. The van der Waals surface area contributed by atoms with Crippen LogP contribution in [-0.2, 0) is 4.79 Å². The standard InChI is InChI=1S/C26H35NO4/c1-17(2)18-6-12-22-19(16-18)7-13-23-25(22,3)14-5-15-26(23,4)24(28)31-21-10-8-20(9-11-21)27(29)30/h8-11,16-17,23,27,29H,5-7,12-15H2,1-4H3/t23-,25-,26-/m1/s1. The second-order valence-electron chi connectivity index (χ2n) is 10.4.